The summed E-state index contributed by atoms with van der Waals surface area (Å²) in [4.78, 5) is 13.6. The van der Waals surface area contributed by atoms with Gasteiger partial charge in [-0.2, -0.15) is 13.2 Å². The predicted octanol–water partition coefficient (Wildman–Crippen LogP) is 2.89. The van der Waals surface area contributed by atoms with E-state index in [1.54, 1.807) is 7.11 Å². The molecule has 1 aliphatic rings. The Balaban J connectivity index is 1.76. The van der Waals surface area contributed by atoms with E-state index in [-0.39, 0.29) is 17.7 Å². The van der Waals surface area contributed by atoms with Gasteiger partial charge in [0.1, 0.15) is 5.75 Å². The number of carbonyl (C=O) groups is 1. The van der Waals surface area contributed by atoms with Gasteiger partial charge in [0, 0.05) is 31.4 Å². The number of thioether (sulfide) groups is 1. The van der Waals surface area contributed by atoms with Crippen molar-refractivity contribution in [1.29, 1.82) is 0 Å². The van der Waals surface area contributed by atoms with Crippen molar-refractivity contribution in [3.8, 4) is 5.75 Å². The molecule has 1 fully saturated rings. The van der Waals surface area contributed by atoms with Gasteiger partial charge in [-0.1, -0.05) is 6.07 Å². The van der Waals surface area contributed by atoms with Crippen LogP contribution >= 0.6 is 11.8 Å². The fourth-order valence-corrected chi connectivity index (χ4v) is 2.89. The van der Waals surface area contributed by atoms with Crippen LogP contribution in [0.2, 0.25) is 0 Å². The van der Waals surface area contributed by atoms with E-state index < -0.39 is 17.2 Å². The Labute approximate surface area is 137 Å². The molecule has 1 heterocycles. The Morgan fingerprint density at radius 3 is 2.96 bits per heavy atom. The van der Waals surface area contributed by atoms with E-state index in [4.69, 9.17) is 4.74 Å². The SMILES string of the molecule is COc1cccc(N2CCC(CNC(=O)CSC(F)(F)F)C2)c1. The minimum absolute atomic E-state index is 0.237. The highest BCUT2D eigenvalue weighted by atomic mass is 32.2. The molecule has 0 spiro atoms. The van der Waals surface area contributed by atoms with Crippen molar-refractivity contribution in [2.75, 3.05) is 37.4 Å². The number of nitrogens with zero attached hydrogens (tertiary/aromatic N) is 1. The van der Waals surface area contributed by atoms with Crippen molar-refractivity contribution < 1.29 is 22.7 Å². The fraction of sp³-hybridized carbons (Fsp3) is 0.533. The highest BCUT2D eigenvalue weighted by molar-refractivity contribution is 8.00. The van der Waals surface area contributed by atoms with E-state index in [1.165, 1.54) is 0 Å². The first-order chi connectivity index (χ1) is 10.9. The molecule has 1 atom stereocenters. The molecule has 23 heavy (non-hydrogen) atoms. The largest absolute Gasteiger partial charge is 0.497 e. The van der Waals surface area contributed by atoms with Crippen molar-refractivity contribution in [3.05, 3.63) is 24.3 Å². The molecule has 8 heteroatoms. The number of carbonyl (C=O) groups excluding carboxylic acids is 1. The molecule has 1 N–H and O–H groups in total. The Bertz CT molecular complexity index is 540. The first-order valence-electron chi connectivity index (χ1n) is 7.24. The molecular formula is C15H19F3N2O2S. The van der Waals surface area contributed by atoms with E-state index in [1.807, 2.05) is 24.3 Å². The molecule has 1 aromatic rings. The van der Waals surface area contributed by atoms with Gasteiger partial charge in [0.05, 0.1) is 12.9 Å². The highest BCUT2D eigenvalue weighted by Gasteiger charge is 2.29. The zero-order chi connectivity index (χ0) is 16.9. The van der Waals surface area contributed by atoms with Crippen LogP contribution < -0.4 is 15.0 Å². The lowest BCUT2D eigenvalue weighted by Crippen LogP contribution is -2.32. The molecule has 4 nitrogen and oxygen atoms in total. The first kappa shape index (κ1) is 17.8. The van der Waals surface area contributed by atoms with Crippen LogP contribution in [0, 0.1) is 5.92 Å². The Morgan fingerprint density at radius 2 is 2.26 bits per heavy atom. The number of anilines is 1. The third kappa shape index (κ3) is 5.85. The molecule has 0 saturated carbocycles. The molecule has 1 saturated heterocycles. The molecule has 0 aliphatic carbocycles. The van der Waals surface area contributed by atoms with Crippen molar-refractivity contribution in [3.63, 3.8) is 0 Å². The fourth-order valence-electron chi connectivity index (χ4n) is 2.50. The number of amides is 1. The zero-order valence-corrected chi connectivity index (χ0v) is 13.5. The van der Waals surface area contributed by atoms with Crippen LogP contribution in [0.15, 0.2) is 24.3 Å². The number of hydrogen-bond donors (Lipinski definition) is 1. The lowest BCUT2D eigenvalue weighted by Gasteiger charge is -2.19. The molecule has 2 rings (SSSR count). The highest BCUT2D eigenvalue weighted by Crippen LogP contribution is 2.30. The third-order valence-electron chi connectivity index (χ3n) is 3.66. The Hall–Kier alpha value is -1.57. The lowest BCUT2D eigenvalue weighted by molar-refractivity contribution is -0.119. The third-order valence-corrected chi connectivity index (χ3v) is 4.39. The molecular weight excluding hydrogens is 329 g/mol. The minimum Gasteiger partial charge on any atom is -0.497 e. The maximum absolute atomic E-state index is 12.0. The van der Waals surface area contributed by atoms with E-state index >= 15 is 0 Å². The van der Waals surface area contributed by atoms with Crippen molar-refractivity contribution in [2.45, 2.75) is 11.9 Å². The van der Waals surface area contributed by atoms with Crippen molar-refractivity contribution in [2.24, 2.45) is 5.92 Å². The van der Waals surface area contributed by atoms with Crippen LogP contribution in [0.4, 0.5) is 18.9 Å². The van der Waals surface area contributed by atoms with Crippen LogP contribution in [-0.4, -0.2) is 43.9 Å². The minimum atomic E-state index is -4.37. The smallest absolute Gasteiger partial charge is 0.442 e. The first-order valence-corrected chi connectivity index (χ1v) is 8.22. The zero-order valence-electron chi connectivity index (χ0n) is 12.7. The van der Waals surface area contributed by atoms with Crippen molar-refractivity contribution >= 4 is 23.4 Å². The van der Waals surface area contributed by atoms with E-state index in [2.05, 4.69) is 10.2 Å². The van der Waals surface area contributed by atoms with Gasteiger partial charge in [0.2, 0.25) is 5.91 Å². The van der Waals surface area contributed by atoms with Crippen LogP contribution in [-0.2, 0) is 4.79 Å². The molecule has 1 aromatic carbocycles. The summed E-state index contributed by atoms with van der Waals surface area (Å²) in [5.74, 6) is -0.146. The molecule has 0 radical (unpaired) electrons. The van der Waals surface area contributed by atoms with Gasteiger partial charge in [0.15, 0.2) is 0 Å². The van der Waals surface area contributed by atoms with Gasteiger partial charge in [-0.3, -0.25) is 4.79 Å². The van der Waals surface area contributed by atoms with Crippen LogP contribution in [0.1, 0.15) is 6.42 Å². The summed E-state index contributed by atoms with van der Waals surface area (Å²) in [7, 11) is 1.61. The van der Waals surface area contributed by atoms with E-state index in [9.17, 15) is 18.0 Å². The number of rotatable bonds is 6. The summed E-state index contributed by atoms with van der Waals surface area (Å²) in [5.41, 5.74) is -3.32. The molecule has 128 valence electrons. The predicted molar refractivity (Wildman–Crippen MR) is 84.8 cm³/mol. The summed E-state index contributed by atoms with van der Waals surface area (Å²) in [5, 5.41) is 2.58. The van der Waals surface area contributed by atoms with Crippen molar-refractivity contribution in [1.82, 2.24) is 5.32 Å². The quantitative estimate of drug-likeness (QED) is 0.858. The number of alkyl halides is 3. The number of hydrogen-bond acceptors (Lipinski definition) is 4. The van der Waals surface area contributed by atoms with E-state index in [0.717, 1.165) is 30.9 Å². The number of benzene rings is 1. The van der Waals surface area contributed by atoms with Crippen LogP contribution in [0.3, 0.4) is 0 Å². The second-order valence-corrected chi connectivity index (χ2v) is 6.38. The summed E-state index contributed by atoms with van der Waals surface area (Å²) in [6, 6.07) is 7.72. The van der Waals surface area contributed by atoms with Crippen LogP contribution in [0.5, 0.6) is 5.75 Å². The van der Waals surface area contributed by atoms with Gasteiger partial charge in [-0.25, -0.2) is 0 Å². The summed E-state index contributed by atoms with van der Waals surface area (Å²) in [6.07, 6.45) is 0.893. The van der Waals surface area contributed by atoms with Crippen LogP contribution in [0.25, 0.3) is 0 Å². The average molecular weight is 348 g/mol. The van der Waals surface area contributed by atoms with E-state index in [0.29, 0.717) is 6.54 Å². The Kier molecular flexibility index (Phi) is 6.04. The average Bonchev–Trinajstić information content (AvgIpc) is 2.99. The van der Waals surface area contributed by atoms with Gasteiger partial charge >= 0.3 is 5.51 Å². The second-order valence-electron chi connectivity index (χ2n) is 5.34. The normalized spacial score (nSPS) is 18.1. The number of ether oxygens (including phenoxy) is 1. The van der Waals surface area contributed by atoms with Gasteiger partial charge < -0.3 is 15.0 Å². The maximum atomic E-state index is 12.0. The lowest BCUT2D eigenvalue weighted by atomic mass is 10.1. The number of halogens is 3. The number of nitrogens with one attached hydrogen (secondary N) is 1. The second kappa shape index (κ2) is 7.81. The molecule has 1 unspecified atom stereocenters. The summed E-state index contributed by atoms with van der Waals surface area (Å²) < 4.78 is 41.3. The molecule has 0 bridgehead atoms. The van der Waals surface area contributed by atoms with Gasteiger partial charge in [-0.15, -0.1) is 0 Å². The van der Waals surface area contributed by atoms with Gasteiger partial charge in [-0.05, 0) is 36.2 Å². The standard InChI is InChI=1S/C15H19F3N2O2S/c1-22-13-4-2-3-12(7-13)20-6-5-11(9-20)8-19-14(21)10-23-15(16,17)18/h2-4,7,11H,5-6,8-10H2,1H3,(H,19,21). The topological polar surface area (TPSA) is 41.6 Å². The summed E-state index contributed by atoms with van der Waals surface area (Å²) >= 11 is -0.311. The monoisotopic (exact) mass is 348 g/mol. The molecule has 1 aliphatic heterocycles. The van der Waals surface area contributed by atoms with Gasteiger partial charge in [0.25, 0.3) is 0 Å². The molecule has 1 amide bonds. The Morgan fingerprint density at radius 1 is 1.48 bits per heavy atom. The number of methoxy groups -OCH3 is 1. The molecule has 0 aromatic heterocycles. The maximum Gasteiger partial charge on any atom is 0.442 e. The summed E-state index contributed by atoms with van der Waals surface area (Å²) in [6.45, 7) is 2.02.